The van der Waals surface area contributed by atoms with Gasteiger partial charge in [0.1, 0.15) is 24.7 Å². The van der Waals surface area contributed by atoms with Gasteiger partial charge in [-0.2, -0.15) is 0 Å². The molecule has 0 aliphatic heterocycles. The van der Waals surface area contributed by atoms with Crippen LogP contribution in [0.25, 0.3) is 0 Å². The molecule has 0 amide bonds. The van der Waals surface area contributed by atoms with E-state index in [-0.39, 0.29) is 11.8 Å². The lowest BCUT2D eigenvalue weighted by atomic mass is 10.0. The van der Waals surface area contributed by atoms with E-state index in [4.69, 9.17) is 9.47 Å². The quantitative estimate of drug-likeness (QED) is 0.236. The van der Waals surface area contributed by atoms with E-state index < -0.39 is 5.97 Å². The van der Waals surface area contributed by atoms with Gasteiger partial charge in [0.15, 0.2) is 5.71 Å². The molecule has 130 valence electrons. The Morgan fingerprint density at radius 1 is 1.16 bits per heavy atom. The Hall–Kier alpha value is -3.08. The summed E-state index contributed by atoms with van der Waals surface area (Å²) in [5.41, 5.74) is 0.881. The summed E-state index contributed by atoms with van der Waals surface area (Å²) in [6, 6.07) is 16.7. The number of hydrogen-bond acceptors (Lipinski definition) is 5. The van der Waals surface area contributed by atoms with Crippen molar-refractivity contribution in [3.63, 3.8) is 0 Å². The van der Waals surface area contributed by atoms with Crippen LogP contribution in [0.5, 0.6) is 11.5 Å². The number of carbonyl (C=O) groups is 1. The third-order valence-corrected chi connectivity index (χ3v) is 3.39. The summed E-state index contributed by atoms with van der Waals surface area (Å²) in [5.74, 6) is 0.569. The standard InChI is InChI=1S/C20H21NO4/c1-4-10-18(24-16-11-6-5-7-12-16)17-13-8-9-14-19(17)25-20(22)15(2)21-23-3/h4-9,11-14,18H,1,10H2,2-3H3. The van der Waals surface area contributed by atoms with E-state index in [9.17, 15) is 4.79 Å². The number of hydrogen-bond donors (Lipinski definition) is 0. The van der Waals surface area contributed by atoms with Crippen LogP contribution in [0, 0.1) is 0 Å². The summed E-state index contributed by atoms with van der Waals surface area (Å²) in [6.07, 6.45) is 2.00. The molecular weight excluding hydrogens is 318 g/mol. The lowest BCUT2D eigenvalue weighted by Gasteiger charge is -2.20. The average Bonchev–Trinajstić information content (AvgIpc) is 2.63. The molecule has 5 nitrogen and oxygen atoms in total. The van der Waals surface area contributed by atoms with Crippen LogP contribution in [0.4, 0.5) is 0 Å². The van der Waals surface area contributed by atoms with Gasteiger partial charge >= 0.3 is 5.97 Å². The zero-order chi connectivity index (χ0) is 18.1. The largest absolute Gasteiger partial charge is 0.485 e. The Morgan fingerprint density at radius 2 is 1.84 bits per heavy atom. The van der Waals surface area contributed by atoms with Gasteiger partial charge < -0.3 is 14.3 Å². The maximum Gasteiger partial charge on any atom is 0.361 e. The Morgan fingerprint density at radius 3 is 2.52 bits per heavy atom. The van der Waals surface area contributed by atoms with Crippen LogP contribution in [0.1, 0.15) is 25.0 Å². The molecule has 0 spiro atoms. The first-order valence-corrected chi connectivity index (χ1v) is 7.87. The highest BCUT2D eigenvalue weighted by Gasteiger charge is 2.20. The van der Waals surface area contributed by atoms with Crippen molar-refractivity contribution in [2.45, 2.75) is 19.4 Å². The van der Waals surface area contributed by atoms with E-state index in [1.165, 1.54) is 14.0 Å². The first kappa shape index (κ1) is 18.3. The molecular formula is C20H21NO4. The summed E-state index contributed by atoms with van der Waals surface area (Å²) >= 11 is 0. The Bertz CT molecular complexity index is 740. The van der Waals surface area contributed by atoms with Crippen LogP contribution in [-0.2, 0) is 9.63 Å². The number of rotatable bonds is 8. The minimum atomic E-state index is -0.577. The minimum absolute atomic E-state index is 0.126. The molecule has 0 fully saturated rings. The monoisotopic (exact) mass is 339 g/mol. The van der Waals surface area contributed by atoms with Crippen LogP contribution < -0.4 is 9.47 Å². The van der Waals surface area contributed by atoms with E-state index in [1.807, 2.05) is 42.5 Å². The van der Waals surface area contributed by atoms with Crippen molar-refractivity contribution >= 4 is 11.7 Å². The number of nitrogens with zero attached hydrogens (tertiary/aromatic N) is 1. The lowest BCUT2D eigenvalue weighted by Crippen LogP contribution is -2.19. The number of ether oxygens (including phenoxy) is 2. The summed E-state index contributed by atoms with van der Waals surface area (Å²) < 4.78 is 11.5. The third-order valence-electron chi connectivity index (χ3n) is 3.39. The van der Waals surface area contributed by atoms with Gasteiger partial charge in [-0.25, -0.2) is 4.79 Å². The molecule has 1 unspecified atom stereocenters. The molecule has 0 aromatic heterocycles. The average molecular weight is 339 g/mol. The van der Waals surface area contributed by atoms with Gasteiger partial charge in [-0.1, -0.05) is 47.6 Å². The molecule has 0 saturated heterocycles. The highest BCUT2D eigenvalue weighted by atomic mass is 16.6. The Labute approximate surface area is 147 Å². The number of esters is 1. The molecule has 5 heteroatoms. The van der Waals surface area contributed by atoms with Gasteiger partial charge in [-0.15, -0.1) is 6.58 Å². The van der Waals surface area contributed by atoms with Crippen molar-refractivity contribution < 1.29 is 19.1 Å². The highest BCUT2D eigenvalue weighted by molar-refractivity contribution is 6.35. The van der Waals surface area contributed by atoms with Crippen LogP contribution in [0.15, 0.2) is 72.4 Å². The topological polar surface area (TPSA) is 57.1 Å². The molecule has 0 heterocycles. The third kappa shape index (κ3) is 5.21. The van der Waals surface area contributed by atoms with Crippen LogP contribution in [-0.4, -0.2) is 18.8 Å². The molecule has 0 aliphatic carbocycles. The van der Waals surface area contributed by atoms with Crippen molar-refractivity contribution in [2.24, 2.45) is 5.16 Å². The molecule has 0 radical (unpaired) electrons. The first-order valence-electron chi connectivity index (χ1n) is 7.87. The van der Waals surface area contributed by atoms with E-state index in [2.05, 4.69) is 16.6 Å². The fourth-order valence-electron chi connectivity index (χ4n) is 2.24. The van der Waals surface area contributed by atoms with Crippen molar-refractivity contribution in [1.29, 1.82) is 0 Å². The molecule has 0 N–H and O–H groups in total. The van der Waals surface area contributed by atoms with Crippen LogP contribution in [0.3, 0.4) is 0 Å². The predicted molar refractivity (Wildman–Crippen MR) is 96.8 cm³/mol. The van der Waals surface area contributed by atoms with Gasteiger partial charge in [-0.05, 0) is 25.1 Å². The fourth-order valence-corrected chi connectivity index (χ4v) is 2.24. The molecule has 0 bridgehead atoms. The maximum atomic E-state index is 12.1. The van der Waals surface area contributed by atoms with Crippen molar-refractivity contribution in [2.75, 3.05) is 7.11 Å². The molecule has 2 rings (SSSR count). The molecule has 0 aliphatic rings. The van der Waals surface area contributed by atoms with Crippen molar-refractivity contribution in [3.05, 3.63) is 72.8 Å². The number of oxime groups is 1. The molecule has 0 saturated carbocycles. The Balaban J connectivity index is 2.27. The summed E-state index contributed by atoms with van der Waals surface area (Å²) in [5, 5.41) is 3.59. The maximum absolute atomic E-state index is 12.1. The van der Waals surface area contributed by atoms with E-state index in [0.717, 1.165) is 11.3 Å². The van der Waals surface area contributed by atoms with Crippen LogP contribution in [0.2, 0.25) is 0 Å². The summed E-state index contributed by atoms with van der Waals surface area (Å²) in [6.45, 7) is 5.31. The second-order valence-electron chi connectivity index (χ2n) is 5.23. The normalized spacial score (nSPS) is 12.2. The smallest absolute Gasteiger partial charge is 0.361 e. The SMILES string of the molecule is C=CCC(Oc1ccccc1)c1ccccc1OC(=O)C(C)=NOC. The van der Waals surface area contributed by atoms with Gasteiger partial charge in [0.05, 0.1) is 0 Å². The van der Waals surface area contributed by atoms with Gasteiger partial charge in [0.2, 0.25) is 0 Å². The molecule has 2 aromatic rings. The van der Waals surface area contributed by atoms with E-state index in [0.29, 0.717) is 12.2 Å². The summed E-state index contributed by atoms with van der Waals surface area (Å²) in [4.78, 5) is 16.7. The minimum Gasteiger partial charge on any atom is -0.485 e. The van der Waals surface area contributed by atoms with E-state index >= 15 is 0 Å². The van der Waals surface area contributed by atoms with Crippen LogP contribution >= 0.6 is 0 Å². The van der Waals surface area contributed by atoms with Crippen molar-refractivity contribution in [1.82, 2.24) is 0 Å². The predicted octanol–water partition coefficient (Wildman–Crippen LogP) is 4.31. The first-order chi connectivity index (χ1) is 12.2. The number of para-hydroxylation sites is 2. The van der Waals surface area contributed by atoms with E-state index in [1.54, 1.807) is 18.2 Å². The molecule has 25 heavy (non-hydrogen) atoms. The second-order valence-corrected chi connectivity index (χ2v) is 5.23. The molecule has 2 aromatic carbocycles. The summed E-state index contributed by atoms with van der Waals surface area (Å²) in [7, 11) is 1.37. The molecule has 1 atom stereocenters. The number of carbonyl (C=O) groups excluding carboxylic acids is 1. The lowest BCUT2D eigenvalue weighted by molar-refractivity contribution is -0.127. The zero-order valence-corrected chi connectivity index (χ0v) is 14.3. The number of benzene rings is 2. The van der Waals surface area contributed by atoms with Crippen molar-refractivity contribution in [3.8, 4) is 11.5 Å². The highest BCUT2D eigenvalue weighted by Crippen LogP contribution is 2.31. The second kappa shape index (κ2) is 9.27. The Kier molecular flexibility index (Phi) is 6.77. The van der Waals surface area contributed by atoms with Gasteiger partial charge in [-0.3, -0.25) is 0 Å². The van der Waals surface area contributed by atoms with Gasteiger partial charge in [0, 0.05) is 12.0 Å². The fraction of sp³-hybridized carbons (Fsp3) is 0.200. The van der Waals surface area contributed by atoms with Gasteiger partial charge in [0.25, 0.3) is 0 Å². The zero-order valence-electron chi connectivity index (χ0n) is 14.3.